The fourth-order valence-corrected chi connectivity index (χ4v) is 2.50. The van der Waals surface area contributed by atoms with Crippen LogP contribution in [0.1, 0.15) is 30.1 Å². The number of carbonyl (C=O) groups is 1. The first-order chi connectivity index (χ1) is 9.97. The van der Waals surface area contributed by atoms with Gasteiger partial charge in [-0.2, -0.15) is 0 Å². The molecule has 0 aromatic heterocycles. The van der Waals surface area contributed by atoms with Crippen LogP contribution in [0, 0.1) is 15.9 Å². The van der Waals surface area contributed by atoms with Crippen molar-refractivity contribution in [2.24, 2.45) is 0 Å². The molecule has 1 fully saturated rings. The highest BCUT2D eigenvalue weighted by Crippen LogP contribution is 2.17. The van der Waals surface area contributed by atoms with Gasteiger partial charge in [0.2, 0.25) is 0 Å². The van der Waals surface area contributed by atoms with Gasteiger partial charge >= 0.3 is 0 Å². The van der Waals surface area contributed by atoms with E-state index >= 15 is 0 Å². The summed E-state index contributed by atoms with van der Waals surface area (Å²) in [5.41, 5.74) is -0.591. The molecular formula is C14H18FN3O3. The van der Waals surface area contributed by atoms with Gasteiger partial charge < -0.3 is 10.2 Å². The second-order valence-electron chi connectivity index (χ2n) is 5.30. The number of benzene rings is 1. The minimum absolute atomic E-state index is 0.144. The van der Waals surface area contributed by atoms with Crippen LogP contribution in [-0.2, 0) is 0 Å². The Kier molecular flexibility index (Phi) is 4.85. The molecule has 0 aliphatic carbocycles. The van der Waals surface area contributed by atoms with E-state index < -0.39 is 16.6 Å². The lowest BCUT2D eigenvalue weighted by molar-refractivity contribution is -0.384. The minimum Gasteiger partial charge on any atom is -0.348 e. The van der Waals surface area contributed by atoms with E-state index in [-0.39, 0.29) is 17.3 Å². The lowest BCUT2D eigenvalue weighted by Crippen LogP contribution is -2.41. The summed E-state index contributed by atoms with van der Waals surface area (Å²) in [5, 5.41) is 13.4. The van der Waals surface area contributed by atoms with Gasteiger partial charge in [-0.25, -0.2) is 4.39 Å². The highest BCUT2D eigenvalue weighted by atomic mass is 19.1. The first kappa shape index (κ1) is 15.4. The molecule has 1 amide bonds. The van der Waals surface area contributed by atoms with Crippen LogP contribution in [-0.4, -0.2) is 41.4 Å². The van der Waals surface area contributed by atoms with Crippen LogP contribution in [0.15, 0.2) is 18.2 Å². The van der Waals surface area contributed by atoms with Crippen LogP contribution in [0.5, 0.6) is 0 Å². The second kappa shape index (κ2) is 6.62. The average molecular weight is 295 g/mol. The number of nitrogens with one attached hydrogen (secondary N) is 1. The molecule has 1 heterocycles. The third-order valence-corrected chi connectivity index (χ3v) is 3.51. The number of nitrogens with zero attached hydrogens (tertiary/aromatic N) is 2. The Hall–Kier alpha value is -2.02. The molecule has 1 aliphatic heterocycles. The normalized spacial score (nSPS) is 16.7. The molecule has 2 rings (SSSR count). The van der Waals surface area contributed by atoms with E-state index in [0.717, 1.165) is 44.1 Å². The van der Waals surface area contributed by atoms with Crippen LogP contribution in [0.3, 0.4) is 0 Å². The number of nitro groups is 1. The smallest absolute Gasteiger partial charge is 0.270 e. The zero-order chi connectivity index (χ0) is 15.4. The molecule has 1 N–H and O–H groups in total. The van der Waals surface area contributed by atoms with Crippen molar-refractivity contribution < 1.29 is 14.1 Å². The van der Waals surface area contributed by atoms with Crippen molar-refractivity contribution in [3.63, 3.8) is 0 Å². The lowest BCUT2D eigenvalue weighted by Gasteiger charge is -2.21. The minimum atomic E-state index is -0.758. The third kappa shape index (κ3) is 3.98. The van der Waals surface area contributed by atoms with Crippen molar-refractivity contribution in [2.45, 2.75) is 25.8 Å². The van der Waals surface area contributed by atoms with Crippen molar-refractivity contribution >= 4 is 11.6 Å². The van der Waals surface area contributed by atoms with Gasteiger partial charge in [0.15, 0.2) is 0 Å². The molecule has 6 nitrogen and oxygen atoms in total. The molecule has 1 aliphatic rings. The number of halogens is 1. The summed E-state index contributed by atoms with van der Waals surface area (Å²) < 4.78 is 13.6. The van der Waals surface area contributed by atoms with Crippen LogP contribution >= 0.6 is 0 Å². The molecule has 1 aromatic rings. The summed E-state index contributed by atoms with van der Waals surface area (Å²) in [6, 6.07) is 2.81. The van der Waals surface area contributed by atoms with Crippen LogP contribution in [0.4, 0.5) is 10.1 Å². The zero-order valence-corrected chi connectivity index (χ0v) is 11.8. The van der Waals surface area contributed by atoms with E-state index in [9.17, 15) is 19.3 Å². The Morgan fingerprint density at radius 3 is 2.76 bits per heavy atom. The molecule has 0 saturated carbocycles. The van der Waals surface area contributed by atoms with Gasteiger partial charge in [-0.15, -0.1) is 0 Å². The topological polar surface area (TPSA) is 75.5 Å². The number of hydrogen-bond donors (Lipinski definition) is 1. The van der Waals surface area contributed by atoms with E-state index in [1.807, 2.05) is 6.92 Å². The highest BCUT2D eigenvalue weighted by Gasteiger charge is 2.20. The van der Waals surface area contributed by atoms with E-state index in [0.29, 0.717) is 6.54 Å². The molecule has 0 spiro atoms. The summed E-state index contributed by atoms with van der Waals surface area (Å²) in [6.07, 6.45) is 2.31. The van der Waals surface area contributed by atoms with Gasteiger partial charge in [0.1, 0.15) is 5.82 Å². The Labute approximate surface area is 122 Å². The van der Waals surface area contributed by atoms with Crippen molar-refractivity contribution in [3.05, 3.63) is 39.7 Å². The zero-order valence-electron chi connectivity index (χ0n) is 11.8. The molecule has 0 radical (unpaired) electrons. The highest BCUT2D eigenvalue weighted by molar-refractivity contribution is 5.95. The number of amides is 1. The molecular weight excluding hydrogens is 277 g/mol. The first-order valence-corrected chi connectivity index (χ1v) is 6.94. The molecule has 0 bridgehead atoms. The quantitative estimate of drug-likeness (QED) is 0.665. The van der Waals surface area contributed by atoms with Gasteiger partial charge in [-0.05, 0) is 38.9 Å². The Bertz CT molecular complexity index is 544. The summed E-state index contributed by atoms with van der Waals surface area (Å²) in [6.45, 7) is 4.55. The molecule has 21 heavy (non-hydrogen) atoms. The molecule has 114 valence electrons. The number of non-ortho nitro benzene ring substituents is 1. The molecule has 7 heteroatoms. The van der Waals surface area contributed by atoms with Crippen molar-refractivity contribution in [3.8, 4) is 0 Å². The largest absolute Gasteiger partial charge is 0.348 e. The maximum Gasteiger partial charge on any atom is 0.270 e. The van der Waals surface area contributed by atoms with E-state index in [1.165, 1.54) is 0 Å². The monoisotopic (exact) mass is 295 g/mol. The SMILES string of the molecule is CC(CN1CCCC1)NC(=O)c1cc([N+](=O)[O-])ccc1F. The lowest BCUT2D eigenvalue weighted by atomic mass is 10.1. The second-order valence-corrected chi connectivity index (χ2v) is 5.30. The molecule has 1 aromatic carbocycles. The van der Waals surface area contributed by atoms with Gasteiger partial charge in [0, 0.05) is 24.7 Å². The summed E-state index contributed by atoms with van der Waals surface area (Å²) in [5.74, 6) is -1.38. The Balaban J connectivity index is 2.01. The Morgan fingerprint density at radius 2 is 2.14 bits per heavy atom. The number of carbonyl (C=O) groups excluding carboxylic acids is 1. The predicted octanol–water partition coefficient (Wildman–Crippen LogP) is 1.95. The van der Waals surface area contributed by atoms with Crippen molar-refractivity contribution in [2.75, 3.05) is 19.6 Å². The van der Waals surface area contributed by atoms with E-state index in [4.69, 9.17) is 0 Å². The van der Waals surface area contributed by atoms with E-state index in [1.54, 1.807) is 0 Å². The van der Waals surface area contributed by atoms with Gasteiger partial charge in [-0.1, -0.05) is 0 Å². The number of hydrogen-bond acceptors (Lipinski definition) is 4. The van der Waals surface area contributed by atoms with E-state index in [2.05, 4.69) is 10.2 Å². The number of rotatable bonds is 5. The fraction of sp³-hybridized carbons (Fsp3) is 0.500. The third-order valence-electron chi connectivity index (χ3n) is 3.51. The summed E-state index contributed by atoms with van der Waals surface area (Å²) >= 11 is 0. The van der Waals surface area contributed by atoms with Gasteiger partial charge in [0.25, 0.3) is 11.6 Å². The summed E-state index contributed by atoms with van der Waals surface area (Å²) in [4.78, 5) is 24.3. The predicted molar refractivity (Wildman–Crippen MR) is 75.7 cm³/mol. The summed E-state index contributed by atoms with van der Waals surface area (Å²) in [7, 11) is 0. The Morgan fingerprint density at radius 1 is 1.48 bits per heavy atom. The van der Waals surface area contributed by atoms with Crippen molar-refractivity contribution in [1.29, 1.82) is 0 Å². The van der Waals surface area contributed by atoms with Crippen LogP contribution < -0.4 is 5.32 Å². The number of nitro benzene ring substituents is 1. The maximum absolute atomic E-state index is 13.6. The average Bonchev–Trinajstić information content (AvgIpc) is 2.91. The molecule has 1 unspecified atom stereocenters. The molecule has 1 atom stereocenters. The van der Waals surface area contributed by atoms with Gasteiger partial charge in [0.05, 0.1) is 10.5 Å². The van der Waals surface area contributed by atoms with Crippen LogP contribution in [0.25, 0.3) is 0 Å². The fourth-order valence-electron chi connectivity index (χ4n) is 2.50. The standard InChI is InChI=1S/C14H18FN3O3/c1-10(9-17-6-2-3-7-17)16-14(19)12-8-11(18(20)21)4-5-13(12)15/h4-5,8,10H,2-3,6-7,9H2,1H3,(H,16,19). The van der Waals surface area contributed by atoms with Gasteiger partial charge in [-0.3, -0.25) is 14.9 Å². The van der Waals surface area contributed by atoms with Crippen LogP contribution in [0.2, 0.25) is 0 Å². The number of likely N-dealkylation sites (tertiary alicyclic amines) is 1. The maximum atomic E-state index is 13.6. The van der Waals surface area contributed by atoms with Crippen molar-refractivity contribution in [1.82, 2.24) is 10.2 Å². The molecule has 1 saturated heterocycles. The first-order valence-electron chi connectivity index (χ1n) is 6.94.